The summed E-state index contributed by atoms with van der Waals surface area (Å²) in [6.07, 6.45) is 0.703. The monoisotopic (exact) mass is 499 g/mol. The highest BCUT2D eigenvalue weighted by atomic mass is 32.2. The number of carbonyl (C=O) groups excluding carboxylic acids is 1. The molecule has 1 amide bonds. The Balaban J connectivity index is 0.000000328. The highest BCUT2D eigenvalue weighted by Gasteiger charge is 2.07. The molecule has 0 aromatic heterocycles. The Morgan fingerprint density at radius 2 is 1.54 bits per heavy atom. The van der Waals surface area contributed by atoms with Gasteiger partial charge in [-0.1, -0.05) is 35.9 Å². The molecular formula is C25H29N3O6S. The maximum atomic E-state index is 11.0. The van der Waals surface area contributed by atoms with Crippen molar-refractivity contribution in [2.24, 2.45) is 5.73 Å². The average molecular weight is 500 g/mol. The van der Waals surface area contributed by atoms with Gasteiger partial charge in [-0.3, -0.25) is 14.8 Å². The lowest BCUT2D eigenvalue weighted by atomic mass is 10.2. The highest BCUT2D eigenvalue weighted by molar-refractivity contribution is 7.85. The Morgan fingerprint density at radius 1 is 0.971 bits per heavy atom. The topological polar surface area (TPSA) is 152 Å². The lowest BCUT2D eigenvalue weighted by Gasteiger charge is -2.10. The molecular weight excluding hydrogens is 470 g/mol. The lowest BCUT2D eigenvalue weighted by molar-refractivity contribution is -0.114. The van der Waals surface area contributed by atoms with Crippen LogP contribution < -0.4 is 20.5 Å². The van der Waals surface area contributed by atoms with Crippen molar-refractivity contribution < 1.29 is 27.2 Å². The minimum Gasteiger partial charge on any atom is -0.493 e. The number of benzene rings is 3. The predicted molar refractivity (Wildman–Crippen MR) is 135 cm³/mol. The Bertz CT molecular complexity index is 1240. The SMILES string of the molecule is CC(=O)Nc1cccc(OCCCOc2cccc(C(=N)N)c2)c1.Cc1ccc(S(=O)(=O)O)cc1. The first-order valence-electron chi connectivity index (χ1n) is 10.7. The Kier molecular flexibility index (Phi) is 10.2. The number of nitrogens with one attached hydrogen (secondary N) is 2. The number of anilines is 1. The van der Waals surface area contributed by atoms with Crippen molar-refractivity contribution in [3.8, 4) is 11.5 Å². The van der Waals surface area contributed by atoms with Gasteiger partial charge in [0.15, 0.2) is 0 Å². The summed E-state index contributed by atoms with van der Waals surface area (Å²) in [4.78, 5) is 11.0. The van der Waals surface area contributed by atoms with E-state index in [9.17, 15) is 13.2 Å². The third-order valence-electron chi connectivity index (χ3n) is 4.44. The van der Waals surface area contributed by atoms with Crippen molar-refractivity contribution in [3.63, 3.8) is 0 Å². The predicted octanol–water partition coefficient (Wildman–Crippen LogP) is 4.02. The van der Waals surface area contributed by atoms with Crippen LogP contribution in [0.1, 0.15) is 24.5 Å². The van der Waals surface area contributed by atoms with Crippen molar-refractivity contribution in [1.29, 1.82) is 5.41 Å². The maximum Gasteiger partial charge on any atom is 0.294 e. The minimum atomic E-state index is -4.02. The largest absolute Gasteiger partial charge is 0.493 e. The second-order valence-electron chi connectivity index (χ2n) is 7.49. The molecule has 0 saturated carbocycles. The van der Waals surface area contributed by atoms with E-state index in [1.807, 2.05) is 25.1 Å². The van der Waals surface area contributed by atoms with Gasteiger partial charge in [-0.25, -0.2) is 0 Å². The molecule has 3 aromatic carbocycles. The van der Waals surface area contributed by atoms with E-state index in [2.05, 4.69) is 5.32 Å². The molecule has 0 bridgehead atoms. The molecule has 0 unspecified atom stereocenters. The number of amidine groups is 1. The zero-order valence-electron chi connectivity index (χ0n) is 19.5. The van der Waals surface area contributed by atoms with E-state index in [-0.39, 0.29) is 16.6 Å². The van der Waals surface area contributed by atoms with Gasteiger partial charge in [0.05, 0.1) is 18.1 Å². The van der Waals surface area contributed by atoms with Gasteiger partial charge < -0.3 is 20.5 Å². The van der Waals surface area contributed by atoms with Gasteiger partial charge in [-0.2, -0.15) is 8.42 Å². The molecule has 0 fully saturated rings. The van der Waals surface area contributed by atoms with Gasteiger partial charge in [-0.15, -0.1) is 0 Å². The highest BCUT2D eigenvalue weighted by Crippen LogP contribution is 2.18. The number of nitrogens with two attached hydrogens (primary N) is 1. The molecule has 186 valence electrons. The van der Waals surface area contributed by atoms with E-state index in [0.29, 0.717) is 42.4 Å². The number of rotatable bonds is 9. The van der Waals surface area contributed by atoms with Crippen molar-refractivity contribution in [2.45, 2.75) is 25.2 Å². The van der Waals surface area contributed by atoms with E-state index in [1.54, 1.807) is 42.5 Å². The van der Waals surface area contributed by atoms with Crippen LogP contribution in [-0.4, -0.2) is 37.9 Å². The summed E-state index contributed by atoms with van der Waals surface area (Å²) in [5, 5.41) is 10.1. The smallest absolute Gasteiger partial charge is 0.294 e. The molecule has 3 rings (SSSR count). The maximum absolute atomic E-state index is 11.0. The molecule has 5 N–H and O–H groups in total. The van der Waals surface area contributed by atoms with Crippen LogP contribution in [0.4, 0.5) is 5.69 Å². The molecule has 0 aliphatic carbocycles. The number of hydrogen-bond donors (Lipinski definition) is 4. The quantitative estimate of drug-likeness (QED) is 0.150. The van der Waals surface area contributed by atoms with Crippen LogP contribution >= 0.6 is 0 Å². The number of hydrogen-bond acceptors (Lipinski definition) is 6. The Hall–Kier alpha value is -3.89. The third-order valence-corrected chi connectivity index (χ3v) is 5.31. The normalized spacial score (nSPS) is 10.5. The number of nitrogen functional groups attached to an aromatic ring is 1. The molecule has 9 nitrogen and oxygen atoms in total. The molecule has 10 heteroatoms. The molecule has 35 heavy (non-hydrogen) atoms. The van der Waals surface area contributed by atoms with E-state index in [1.165, 1.54) is 19.1 Å². The minimum absolute atomic E-state index is 0.0165. The summed E-state index contributed by atoms with van der Waals surface area (Å²) >= 11 is 0. The zero-order valence-corrected chi connectivity index (χ0v) is 20.3. The van der Waals surface area contributed by atoms with Crippen molar-refractivity contribution in [1.82, 2.24) is 0 Å². The first-order chi connectivity index (χ1) is 16.5. The summed E-state index contributed by atoms with van der Waals surface area (Å²) in [6.45, 7) is 4.29. The Labute approximate surface area is 205 Å². The number of carbonyl (C=O) groups is 1. The van der Waals surface area contributed by atoms with Gasteiger partial charge in [0, 0.05) is 30.7 Å². The molecule has 3 aromatic rings. The van der Waals surface area contributed by atoms with Crippen LogP contribution in [0.15, 0.2) is 77.7 Å². The van der Waals surface area contributed by atoms with Gasteiger partial charge >= 0.3 is 0 Å². The summed E-state index contributed by atoms with van der Waals surface area (Å²) in [7, 11) is -4.02. The molecule has 0 aliphatic rings. The fourth-order valence-electron chi connectivity index (χ4n) is 2.77. The van der Waals surface area contributed by atoms with E-state index < -0.39 is 10.1 Å². The van der Waals surface area contributed by atoms with Crippen molar-refractivity contribution >= 4 is 27.5 Å². The molecule has 0 saturated heterocycles. The lowest BCUT2D eigenvalue weighted by Crippen LogP contribution is -2.11. The number of amides is 1. The molecule has 0 atom stereocenters. The van der Waals surface area contributed by atoms with Gasteiger partial charge in [-0.05, 0) is 43.3 Å². The fourth-order valence-corrected chi connectivity index (χ4v) is 3.25. The van der Waals surface area contributed by atoms with Gasteiger partial charge in [0.2, 0.25) is 5.91 Å². The van der Waals surface area contributed by atoms with Crippen molar-refractivity contribution in [2.75, 3.05) is 18.5 Å². The molecule has 0 heterocycles. The van der Waals surface area contributed by atoms with Crippen LogP contribution in [0.2, 0.25) is 0 Å². The number of aryl methyl sites for hydroxylation is 1. The fraction of sp³-hybridized carbons (Fsp3) is 0.200. The summed E-state index contributed by atoms with van der Waals surface area (Å²) in [6, 6.07) is 20.4. The average Bonchev–Trinajstić information content (AvgIpc) is 2.79. The first kappa shape index (κ1) is 27.4. The van der Waals surface area contributed by atoms with Crippen LogP contribution in [0.25, 0.3) is 0 Å². The number of ether oxygens (including phenoxy) is 2. The second kappa shape index (κ2) is 13.1. The Morgan fingerprint density at radius 3 is 2.09 bits per heavy atom. The first-order valence-corrected chi connectivity index (χ1v) is 12.1. The van der Waals surface area contributed by atoms with Gasteiger partial charge in [0.25, 0.3) is 10.1 Å². The summed E-state index contributed by atoms with van der Waals surface area (Å²) < 4.78 is 40.8. The van der Waals surface area contributed by atoms with Crippen LogP contribution in [-0.2, 0) is 14.9 Å². The van der Waals surface area contributed by atoms with Crippen LogP contribution in [0.3, 0.4) is 0 Å². The van der Waals surface area contributed by atoms with Gasteiger partial charge in [0.1, 0.15) is 17.3 Å². The summed E-state index contributed by atoms with van der Waals surface area (Å²) in [5.74, 6) is 1.27. The second-order valence-corrected chi connectivity index (χ2v) is 8.91. The molecule has 0 radical (unpaired) electrons. The van der Waals surface area contributed by atoms with Crippen LogP contribution in [0, 0.1) is 12.3 Å². The molecule has 0 spiro atoms. The molecule has 0 aliphatic heterocycles. The van der Waals surface area contributed by atoms with Crippen LogP contribution in [0.5, 0.6) is 11.5 Å². The van der Waals surface area contributed by atoms with E-state index >= 15 is 0 Å². The standard InChI is InChI=1S/C18H21N3O3.C7H8O3S/c1-13(22)21-15-6-3-8-17(12-15)24-10-4-9-23-16-7-2-5-14(11-16)18(19)20;1-6-2-4-7(5-3-6)11(8,9)10/h2-3,5-8,11-12H,4,9-10H2,1H3,(H3,19,20)(H,21,22);2-5H,1H3,(H,8,9,10). The summed E-state index contributed by atoms with van der Waals surface area (Å²) in [5.41, 5.74) is 7.75. The zero-order chi connectivity index (χ0) is 25.8. The third kappa shape index (κ3) is 10.3. The van der Waals surface area contributed by atoms with Crippen molar-refractivity contribution in [3.05, 3.63) is 83.9 Å². The van der Waals surface area contributed by atoms with E-state index in [4.69, 9.17) is 25.2 Å². The van der Waals surface area contributed by atoms with E-state index in [0.717, 1.165) is 5.56 Å².